The van der Waals surface area contributed by atoms with Crippen molar-refractivity contribution in [3.05, 3.63) is 40.5 Å². The van der Waals surface area contributed by atoms with Gasteiger partial charge in [0.2, 0.25) is 0 Å². The van der Waals surface area contributed by atoms with Gasteiger partial charge in [-0.1, -0.05) is 16.8 Å². The van der Waals surface area contributed by atoms with Crippen LogP contribution in [0.2, 0.25) is 5.02 Å². The summed E-state index contributed by atoms with van der Waals surface area (Å²) in [6, 6.07) is 4.10. The van der Waals surface area contributed by atoms with Crippen LogP contribution >= 0.6 is 11.6 Å². The third-order valence-electron chi connectivity index (χ3n) is 2.07. The van der Waals surface area contributed by atoms with Gasteiger partial charge < -0.3 is 14.4 Å². The SMILES string of the molecule is Cc1noc(COC(=O)c2cc(Cl)ccc2O)n1. The number of nitrogens with zero attached hydrogens (tertiary/aromatic N) is 2. The standard InChI is InChI=1S/C11H9ClN2O4/c1-6-13-10(18-14-6)5-17-11(16)8-4-7(12)2-3-9(8)15/h2-4,15H,5H2,1H3. The number of aromatic nitrogens is 2. The first-order chi connectivity index (χ1) is 8.56. The van der Waals surface area contributed by atoms with E-state index in [1.165, 1.54) is 18.2 Å². The maximum Gasteiger partial charge on any atom is 0.342 e. The van der Waals surface area contributed by atoms with E-state index >= 15 is 0 Å². The first-order valence-electron chi connectivity index (χ1n) is 5.01. The molecule has 6 nitrogen and oxygen atoms in total. The van der Waals surface area contributed by atoms with E-state index in [0.29, 0.717) is 10.8 Å². The lowest BCUT2D eigenvalue weighted by atomic mass is 10.2. The van der Waals surface area contributed by atoms with Crippen molar-refractivity contribution in [1.82, 2.24) is 10.1 Å². The highest BCUT2D eigenvalue weighted by Gasteiger charge is 2.14. The van der Waals surface area contributed by atoms with Gasteiger partial charge in [-0.3, -0.25) is 0 Å². The predicted octanol–water partition coefficient (Wildman–Crippen LogP) is 2.09. The summed E-state index contributed by atoms with van der Waals surface area (Å²) in [7, 11) is 0. The Morgan fingerprint density at radius 3 is 3.00 bits per heavy atom. The Kier molecular flexibility index (Phi) is 3.47. The van der Waals surface area contributed by atoms with Crippen LogP contribution in [0.5, 0.6) is 5.75 Å². The number of ether oxygens (including phenoxy) is 1. The monoisotopic (exact) mass is 268 g/mol. The summed E-state index contributed by atoms with van der Waals surface area (Å²) in [4.78, 5) is 15.5. The minimum Gasteiger partial charge on any atom is -0.507 e. The van der Waals surface area contributed by atoms with Crippen LogP contribution in [0.3, 0.4) is 0 Å². The van der Waals surface area contributed by atoms with E-state index in [0.717, 1.165) is 0 Å². The molecule has 18 heavy (non-hydrogen) atoms. The number of halogens is 1. The number of phenols is 1. The van der Waals surface area contributed by atoms with E-state index in [9.17, 15) is 9.90 Å². The van der Waals surface area contributed by atoms with Crippen molar-refractivity contribution >= 4 is 17.6 Å². The highest BCUT2D eigenvalue weighted by Crippen LogP contribution is 2.22. The Morgan fingerprint density at radius 1 is 1.56 bits per heavy atom. The fourth-order valence-corrected chi connectivity index (χ4v) is 1.45. The normalized spacial score (nSPS) is 10.3. The minimum absolute atomic E-state index is 0.0151. The largest absolute Gasteiger partial charge is 0.507 e. The molecule has 0 saturated carbocycles. The topological polar surface area (TPSA) is 85.5 Å². The second-order valence-corrected chi connectivity index (χ2v) is 3.91. The number of aryl methyl sites for hydroxylation is 1. The molecule has 1 heterocycles. The Balaban J connectivity index is 2.05. The van der Waals surface area contributed by atoms with E-state index in [-0.39, 0.29) is 23.8 Å². The van der Waals surface area contributed by atoms with E-state index in [1.807, 2.05) is 0 Å². The van der Waals surface area contributed by atoms with Crippen LogP contribution in [0, 0.1) is 6.92 Å². The van der Waals surface area contributed by atoms with E-state index in [4.69, 9.17) is 20.9 Å². The molecule has 0 unspecified atom stereocenters. The molecule has 2 rings (SSSR count). The molecule has 0 saturated heterocycles. The van der Waals surface area contributed by atoms with Crippen molar-refractivity contribution in [3.63, 3.8) is 0 Å². The van der Waals surface area contributed by atoms with Crippen molar-refractivity contribution in [2.24, 2.45) is 0 Å². The van der Waals surface area contributed by atoms with Gasteiger partial charge in [-0.15, -0.1) is 0 Å². The molecule has 94 valence electrons. The summed E-state index contributed by atoms with van der Waals surface area (Å²) < 4.78 is 9.69. The summed E-state index contributed by atoms with van der Waals surface area (Å²) in [6.45, 7) is 1.49. The summed E-state index contributed by atoms with van der Waals surface area (Å²) in [5, 5.41) is 13.4. The zero-order valence-electron chi connectivity index (χ0n) is 9.38. The minimum atomic E-state index is -0.717. The number of aromatic hydroxyl groups is 1. The van der Waals surface area contributed by atoms with Crippen LogP contribution in [-0.2, 0) is 11.3 Å². The number of benzene rings is 1. The lowest BCUT2D eigenvalue weighted by Gasteiger charge is -2.04. The number of esters is 1. The fraction of sp³-hybridized carbons (Fsp3) is 0.182. The first-order valence-corrected chi connectivity index (χ1v) is 5.39. The van der Waals surface area contributed by atoms with Gasteiger partial charge in [0.05, 0.1) is 0 Å². The van der Waals surface area contributed by atoms with Crippen molar-refractivity contribution in [2.75, 3.05) is 0 Å². The number of phenolic OH excluding ortho intramolecular Hbond substituents is 1. The molecule has 2 aromatic rings. The Hall–Kier alpha value is -2.08. The molecular weight excluding hydrogens is 260 g/mol. The van der Waals surface area contributed by atoms with Gasteiger partial charge >= 0.3 is 5.97 Å². The summed E-state index contributed by atoms with van der Waals surface area (Å²) in [5.74, 6) is -0.286. The number of carbonyl (C=O) groups is 1. The molecule has 0 atom stereocenters. The second-order valence-electron chi connectivity index (χ2n) is 3.47. The molecule has 0 aliphatic heterocycles. The highest BCUT2D eigenvalue weighted by molar-refractivity contribution is 6.31. The quantitative estimate of drug-likeness (QED) is 0.858. The zero-order chi connectivity index (χ0) is 13.1. The maximum atomic E-state index is 11.7. The second kappa shape index (κ2) is 5.05. The van der Waals surface area contributed by atoms with Gasteiger partial charge in [0, 0.05) is 5.02 Å². The van der Waals surface area contributed by atoms with Crippen molar-refractivity contribution in [1.29, 1.82) is 0 Å². The Bertz CT molecular complexity index is 582. The number of rotatable bonds is 3. The highest BCUT2D eigenvalue weighted by atomic mass is 35.5. The molecule has 0 fully saturated rings. The first kappa shape index (κ1) is 12.4. The van der Waals surface area contributed by atoms with E-state index in [2.05, 4.69) is 10.1 Å². The van der Waals surface area contributed by atoms with E-state index < -0.39 is 5.97 Å². The summed E-state index contributed by atoms with van der Waals surface area (Å²) in [6.07, 6.45) is 0. The smallest absolute Gasteiger partial charge is 0.342 e. The van der Waals surface area contributed by atoms with Gasteiger partial charge in [-0.25, -0.2) is 4.79 Å². The molecule has 1 aromatic heterocycles. The Labute approximate surface area is 107 Å². The molecule has 7 heteroatoms. The van der Waals surface area contributed by atoms with E-state index in [1.54, 1.807) is 6.92 Å². The lowest BCUT2D eigenvalue weighted by Crippen LogP contribution is -2.05. The molecule has 0 radical (unpaired) electrons. The average molecular weight is 269 g/mol. The van der Waals surface area contributed by atoms with Gasteiger partial charge in [0.1, 0.15) is 11.3 Å². The van der Waals surface area contributed by atoms with Crippen LogP contribution in [-0.4, -0.2) is 21.2 Å². The van der Waals surface area contributed by atoms with Crippen LogP contribution in [0.4, 0.5) is 0 Å². The van der Waals surface area contributed by atoms with Gasteiger partial charge in [-0.2, -0.15) is 4.98 Å². The number of hydrogen-bond acceptors (Lipinski definition) is 6. The van der Waals surface area contributed by atoms with Gasteiger partial charge in [0.25, 0.3) is 5.89 Å². The third-order valence-corrected chi connectivity index (χ3v) is 2.31. The van der Waals surface area contributed by atoms with Crippen molar-refractivity contribution in [3.8, 4) is 5.75 Å². The van der Waals surface area contributed by atoms with Crippen LogP contribution in [0.25, 0.3) is 0 Å². The molecule has 0 amide bonds. The van der Waals surface area contributed by atoms with Crippen LogP contribution in [0.1, 0.15) is 22.1 Å². The number of carbonyl (C=O) groups excluding carboxylic acids is 1. The molecule has 1 aromatic carbocycles. The molecular formula is C11H9ClN2O4. The maximum absolute atomic E-state index is 11.7. The summed E-state index contributed by atoms with van der Waals surface area (Å²) in [5.41, 5.74) is -0.0151. The molecule has 0 aliphatic rings. The fourth-order valence-electron chi connectivity index (χ4n) is 1.28. The number of hydrogen-bond donors (Lipinski definition) is 1. The van der Waals surface area contributed by atoms with Gasteiger partial charge in [0.15, 0.2) is 12.4 Å². The predicted molar refractivity (Wildman–Crippen MR) is 61.3 cm³/mol. The molecule has 0 aliphatic carbocycles. The van der Waals surface area contributed by atoms with Crippen LogP contribution in [0.15, 0.2) is 22.7 Å². The van der Waals surface area contributed by atoms with Crippen LogP contribution < -0.4 is 0 Å². The van der Waals surface area contributed by atoms with Crippen molar-refractivity contribution in [2.45, 2.75) is 13.5 Å². The third kappa shape index (κ3) is 2.78. The zero-order valence-corrected chi connectivity index (χ0v) is 10.1. The average Bonchev–Trinajstić information content (AvgIpc) is 2.75. The molecule has 0 spiro atoms. The summed E-state index contributed by atoms with van der Waals surface area (Å²) >= 11 is 5.72. The van der Waals surface area contributed by atoms with Gasteiger partial charge in [-0.05, 0) is 25.1 Å². The van der Waals surface area contributed by atoms with Crippen molar-refractivity contribution < 1.29 is 19.2 Å². The molecule has 0 bridgehead atoms. The lowest BCUT2D eigenvalue weighted by molar-refractivity contribution is 0.0426. The molecule has 1 N–H and O–H groups in total. The Morgan fingerprint density at radius 2 is 2.33 bits per heavy atom.